The van der Waals surface area contributed by atoms with E-state index in [2.05, 4.69) is 24.1 Å². The highest BCUT2D eigenvalue weighted by Crippen LogP contribution is 2.42. The Kier molecular flexibility index (Phi) is 4.40. The quantitative estimate of drug-likeness (QED) is 0.860. The lowest BCUT2D eigenvalue weighted by Crippen LogP contribution is -2.55. The second-order valence-corrected chi connectivity index (χ2v) is 7.61. The van der Waals surface area contributed by atoms with Gasteiger partial charge in [0.1, 0.15) is 0 Å². The van der Waals surface area contributed by atoms with Crippen molar-refractivity contribution in [1.29, 1.82) is 0 Å². The zero-order valence-corrected chi connectivity index (χ0v) is 13.5. The molecule has 1 aliphatic heterocycles. The second-order valence-electron chi connectivity index (χ2n) is 7.61. The number of hydrogen-bond donors (Lipinski definition) is 1. The van der Waals surface area contributed by atoms with E-state index in [0.717, 1.165) is 12.0 Å². The van der Waals surface area contributed by atoms with Crippen LogP contribution in [0.3, 0.4) is 0 Å². The van der Waals surface area contributed by atoms with Crippen LogP contribution in [0.4, 0.5) is 0 Å². The Labute approximate surface area is 124 Å². The van der Waals surface area contributed by atoms with E-state index in [0.29, 0.717) is 17.7 Å². The van der Waals surface area contributed by atoms with Crippen LogP contribution in [-0.2, 0) is 4.74 Å². The lowest BCUT2D eigenvalue weighted by atomic mass is 9.88. The Hall–Kier alpha value is -0.120. The van der Waals surface area contributed by atoms with Gasteiger partial charge in [0.15, 0.2) is 0 Å². The molecule has 4 atom stereocenters. The van der Waals surface area contributed by atoms with Crippen LogP contribution >= 0.6 is 0 Å². The summed E-state index contributed by atoms with van der Waals surface area (Å²) >= 11 is 0. The van der Waals surface area contributed by atoms with Gasteiger partial charge in [0, 0.05) is 31.3 Å². The van der Waals surface area contributed by atoms with Crippen molar-refractivity contribution in [3.05, 3.63) is 0 Å². The molecule has 0 spiro atoms. The first-order valence-electron chi connectivity index (χ1n) is 8.66. The van der Waals surface area contributed by atoms with Crippen molar-refractivity contribution in [1.82, 2.24) is 10.2 Å². The molecule has 0 aromatic carbocycles. The topological polar surface area (TPSA) is 24.5 Å². The van der Waals surface area contributed by atoms with Crippen molar-refractivity contribution in [2.45, 2.75) is 82.5 Å². The summed E-state index contributed by atoms with van der Waals surface area (Å²) in [6.07, 6.45) is 9.83. The van der Waals surface area contributed by atoms with E-state index < -0.39 is 0 Å². The molecule has 116 valence electrons. The molecule has 20 heavy (non-hydrogen) atoms. The fourth-order valence-electron chi connectivity index (χ4n) is 4.44. The molecular formula is C17H32N2O. The summed E-state index contributed by atoms with van der Waals surface area (Å²) in [4.78, 5) is 2.82. The Morgan fingerprint density at radius 2 is 1.95 bits per heavy atom. The lowest BCUT2D eigenvalue weighted by molar-refractivity contribution is 0.00986. The molecule has 2 saturated carbocycles. The molecule has 3 nitrogen and oxygen atoms in total. The number of hydrogen-bond acceptors (Lipinski definition) is 3. The maximum atomic E-state index is 5.65. The maximum absolute atomic E-state index is 5.65. The molecule has 3 rings (SSSR count). The fraction of sp³-hybridized carbons (Fsp3) is 1.00. The molecule has 3 fully saturated rings. The summed E-state index contributed by atoms with van der Waals surface area (Å²) in [5.41, 5.74) is 0.352. The summed E-state index contributed by atoms with van der Waals surface area (Å²) in [5.74, 6) is 0.914. The highest BCUT2D eigenvalue weighted by atomic mass is 16.5. The largest absolute Gasteiger partial charge is 0.381 e. The van der Waals surface area contributed by atoms with E-state index >= 15 is 0 Å². The molecule has 0 bridgehead atoms. The monoisotopic (exact) mass is 280 g/mol. The summed E-state index contributed by atoms with van der Waals surface area (Å²) < 4.78 is 5.65. The average molecular weight is 280 g/mol. The first-order chi connectivity index (χ1) is 9.62. The molecule has 1 heterocycles. The van der Waals surface area contributed by atoms with Crippen molar-refractivity contribution < 1.29 is 4.74 Å². The summed E-state index contributed by atoms with van der Waals surface area (Å²) in [6.45, 7) is 7.31. The van der Waals surface area contributed by atoms with Crippen molar-refractivity contribution >= 4 is 0 Å². The third-order valence-electron chi connectivity index (χ3n) is 6.05. The molecule has 1 saturated heterocycles. The van der Waals surface area contributed by atoms with Gasteiger partial charge in [-0.25, -0.2) is 0 Å². The smallest absolute Gasteiger partial charge is 0.0586 e. The van der Waals surface area contributed by atoms with Gasteiger partial charge in [0.2, 0.25) is 0 Å². The third-order valence-corrected chi connectivity index (χ3v) is 6.05. The van der Waals surface area contributed by atoms with E-state index in [4.69, 9.17) is 4.74 Å². The van der Waals surface area contributed by atoms with Gasteiger partial charge >= 0.3 is 0 Å². The fourth-order valence-corrected chi connectivity index (χ4v) is 4.44. The molecule has 4 unspecified atom stereocenters. The summed E-state index contributed by atoms with van der Waals surface area (Å²) in [6, 6.07) is 1.45. The minimum absolute atomic E-state index is 0.352. The van der Waals surface area contributed by atoms with Gasteiger partial charge < -0.3 is 10.1 Å². The number of nitrogens with zero attached hydrogens (tertiary/aromatic N) is 1. The predicted molar refractivity (Wildman–Crippen MR) is 83.0 cm³/mol. The van der Waals surface area contributed by atoms with Crippen molar-refractivity contribution in [3.63, 3.8) is 0 Å². The second kappa shape index (κ2) is 5.94. The number of rotatable bonds is 3. The standard InChI is InChI=1S/C17H32N2O/c1-13-9-10-18-17(2,14-7-8-14)12-19(13)15-5-4-6-16(11-15)20-3/h13-16,18H,4-12H2,1-3H3. The van der Waals surface area contributed by atoms with Gasteiger partial charge in [-0.05, 0) is 71.3 Å². The van der Waals surface area contributed by atoms with E-state index in [1.54, 1.807) is 0 Å². The highest BCUT2D eigenvalue weighted by Gasteiger charge is 2.45. The molecule has 0 aromatic rings. The average Bonchev–Trinajstić information content (AvgIpc) is 3.29. The first-order valence-corrected chi connectivity index (χ1v) is 8.66. The zero-order valence-electron chi connectivity index (χ0n) is 13.5. The van der Waals surface area contributed by atoms with Crippen molar-refractivity contribution in [2.24, 2.45) is 5.92 Å². The number of ether oxygens (including phenoxy) is 1. The van der Waals surface area contributed by atoms with Gasteiger partial charge in [-0.3, -0.25) is 4.90 Å². The van der Waals surface area contributed by atoms with Crippen LogP contribution in [0.15, 0.2) is 0 Å². The third kappa shape index (κ3) is 3.05. The van der Waals surface area contributed by atoms with Crippen LogP contribution in [0.2, 0.25) is 0 Å². The Morgan fingerprint density at radius 3 is 2.65 bits per heavy atom. The Balaban J connectivity index is 1.71. The first kappa shape index (κ1) is 14.8. The molecule has 1 N–H and O–H groups in total. The van der Waals surface area contributed by atoms with Crippen LogP contribution in [0.1, 0.15) is 58.8 Å². The molecule has 0 amide bonds. The van der Waals surface area contributed by atoms with Gasteiger partial charge in [0.25, 0.3) is 0 Å². The summed E-state index contributed by atoms with van der Waals surface area (Å²) in [5, 5.41) is 3.87. The molecule has 0 radical (unpaired) electrons. The Bertz CT molecular complexity index is 331. The van der Waals surface area contributed by atoms with Crippen molar-refractivity contribution in [2.75, 3.05) is 20.2 Å². The molecular weight excluding hydrogens is 248 g/mol. The minimum atomic E-state index is 0.352. The Morgan fingerprint density at radius 1 is 1.15 bits per heavy atom. The predicted octanol–water partition coefficient (Wildman–Crippen LogP) is 2.80. The van der Waals surface area contributed by atoms with E-state index in [1.807, 2.05) is 7.11 Å². The molecule has 2 aliphatic carbocycles. The minimum Gasteiger partial charge on any atom is -0.381 e. The highest BCUT2D eigenvalue weighted by molar-refractivity contribution is 5.03. The van der Waals surface area contributed by atoms with Gasteiger partial charge in [-0.2, -0.15) is 0 Å². The van der Waals surface area contributed by atoms with Gasteiger partial charge in [-0.15, -0.1) is 0 Å². The SMILES string of the molecule is COC1CCCC(N2CC(C)(C3CC3)NCCC2C)C1. The lowest BCUT2D eigenvalue weighted by Gasteiger charge is -2.43. The van der Waals surface area contributed by atoms with Crippen LogP contribution in [0, 0.1) is 5.92 Å². The molecule has 3 heteroatoms. The van der Waals surface area contributed by atoms with E-state index in [-0.39, 0.29) is 0 Å². The molecule has 0 aromatic heterocycles. The van der Waals surface area contributed by atoms with Gasteiger partial charge in [-0.1, -0.05) is 0 Å². The summed E-state index contributed by atoms with van der Waals surface area (Å²) in [7, 11) is 1.88. The zero-order chi connectivity index (χ0) is 14.2. The van der Waals surface area contributed by atoms with E-state index in [9.17, 15) is 0 Å². The van der Waals surface area contributed by atoms with Crippen LogP contribution in [0.25, 0.3) is 0 Å². The number of nitrogens with one attached hydrogen (secondary N) is 1. The van der Waals surface area contributed by atoms with Crippen molar-refractivity contribution in [3.8, 4) is 0 Å². The van der Waals surface area contributed by atoms with Crippen LogP contribution in [-0.4, -0.2) is 48.8 Å². The van der Waals surface area contributed by atoms with Crippen LogP contribution in [0.5, 0.6) is 0 Å². The molecule has 3 aliphatic rings. The normalized spacial score (nSPS) is 44.2. The van der Waals surface area contributed by atoms with E-state index in [1.165, 1.54) is 58.0 Å². The van der Waals surface area contributed by atoms with Crippen LogP contribution < -0.4 is 5.32 Å². The maximum Gasteiger partial charge on any atom is 0.0586 e. The van der Waals surface area contributed by atoms with Gasteiger partial charge in [0.05, 0.1) is 6.10 Å². The number of methoxy groups -OCH3 is 1.